The number of nitrogens with zero attached hydrogens (tertiary/aromatic N) is 2. The van der Waals surface area contributed by atoms with Gasteiger partial charge in [0, 0.05) is 16.7 Å². The van der Waals surface area contributed by atoms with Crippen molar-refractivity contribution in [2.24, 2.45) is 0 Å². The van der Waals surface area contributed by atoms with E-state index >= 15 is 0 Å². The van der Waals surface area contributed by atoms with Gasteiger partial charge in [-0.3, -0.25) is 0 Å². The summed E-state index contributed by atoms with van der Waals surface area (Å²) in [5.74, 6) is 0.990. The lowest BCUT2D eigenvalue weighted by molar-refractivity contribution is 0.384. The van der Waals surface area contributed by atoms with E-state index < -0.39 is 0 Å². The van der Waals surface area contributed by atoms with Crippen LogP contribution in [0.2, 0.25) is 0 Å². The fourth-order valence-corrected chi connectivity index (χ4v) is 3.50. The van der Waals surface area contributed by atoms with Crippen LogP contribution in [0.25, 0.3) is 33.9 Å². The molecule has 0 N–H and O–H groups in total. The fraction of sp³-hybridized carbons (Fsp3) is 0.125. The zero-order valence-electron chi connectivity index (χ0n) is 15.0. The maximum absolute atomic E-state index is 5.56. The molecule has 1 saturated heterocycles. The molecule has 4 aromatic rings. The van der Waals surface area contributed by atoms with Gasteiger partial charge in [-0.1, -0.05) is 91.0 Å². The summed E-state index contributed by atoms with van der Waals surface area (Å²) in [5.41, 5.74) is 5.59. The van der Waals surface area contributed by atoms with Crippen LogP contribution in [0.5, 0.6) is 0 Å². The van der Waals surface area contributed by atoms with Gasteiger partial charge in [0.1, 0.15) is 5.82 Å². The quantitative estimate of drug-likeness (QED) is 0.457. The Labute approximate surface area is 158 Å². The molecule has 1 aromatic heterocycles. The van der Waals surface area contributed by atoms with Crippen molar-refractivity contribution in [3.8, 4) is 33.9 Å². The van der Waals surface area contributed by atoms with E-state index in [1.165, 1.54) is 5.56 Å². The largest absolute Gasteiger partial charge is 0.371 e. The van der Waals surface area contributed by atoms with Crippen molar-refractivity contribution in [1.29, 1.82) is 0 Å². The molecule has 27 heavy (non-hydrogen) atoms. The molecular formula is C24H20N2O. The second kappa shape index (κ2) is 6.86. The van der Waals surface area contributed by atoms with Crippen molar-refractivity contribution < 1.29 is 4.74 Å². The molecule has 3 nitrogen and oxygen atoms in total. The molecule has 0 spiro atoms. The molecule has 2 heterocycles. The molecule has 1 atom stereocenters. The Morgan fingerprint density at radius 2 is 1.26 bits per heavy atom. The number of ether oxygens (including phenoxy) is 1. The van der Waals surface area contributed by atoms with Gasteiger partial charge in [-0.15, -0.1) is 0 Å². The van der Waals surface area contributed by atoms with Crippen molar-refractivity contribution in [3.63, 3.8) is 0 Å². The zero-order chi connectivity index (χ0) is 18.1. The molecule has 5 rings (SSSR count). The Morgan fingerprint density at radius 1 is 0.741 bits per heavy atom. The lowest BCUT2D eigenvalue weighted by atomic mass is 10.0. The highest BCUT2D eigenvalue weighted by Gasteiger charge is 2.28. The summed E-state index contributed by atoms with van der Waals surface area (Å²) >= 11 is 0. The zero-order valence-corrected chi connectivity index (χ0v) is 15.0. The molecule has 0 aliphatic carbocycles. The maximum Gasteiger partial charge on any atom is 0.141 e. The number of imidazole rings is 1. The third kappa shape index (κ3) is 3.18. The van der Waals surface area contributed by atoms with Crippen LogP contribution in [0.1, 0.15) is 0 Å². The summed E-state index contributed by atoms with van der Waals surface area (Å²) in [6.07, 6.45) is 0.271. The SMILES string of the molecule is c1ccc(-c2nc(-c3ccccc3)n(C[C@H]3CO3)c2-c2ccccc2)cc1. The minimum absolute atomic E-state index is 0.271. The fourth-order valence-electron chi connectivity index (χ4n) is 3.50. The maximum atomic E-state index is 5.56. The first-order chi connectivity index (χ1) is 13.4. The molecule has 0 unspecified atom stereocenters. The minimum Gasteiger partial charge on any atom is -0.371 e. The Morgan fingerprint density at radius 3 is 1.81 bits per heavy atom. The smallest absolute Gasteiger partial charge is 0.141 e. The van der Waals surface area contributed by atoms with E-state index in [1.54, 1.807) is 0 Å². The van der Waals surface area contributed by atoms with Gasteiger partial charge >= 0.3 is 0 Å². The molecule has 3 aromatic carbocycles. The molecule has 1 aliphatic heterocycles. The predicted octanol–water partition coefficient (Wildman–Crippen LogP) is 5.28. The predicted molar refractivity (Wildman–Crippen MR) is 108 cm³/mol. The number of hydrogen-bond acceptors (Lipinski definition) is 2. The van der Waals surface area contributed by atoms with Gasteiger partial charge < -0.3 is 9.30 Å². The van der Waals surface area contributed by atoms with E-state index in [-0.39, 0.29) is 6.10 Å². The highest BCUT2D eigenvalue weighted by molar-refractivity contribution is 5.82. The topological polar surface area (TPSA) is 30.4 Å². The van der Waals surface area contributed by atoms with Crippen LogP contribution in [0.4, 0.5) is 0 Å². The number of rotatable bonds is 5. The summed E-state index contributed by atoms with van der Waals surface area (Å²) < 4.78 is 7.88. The van der Waals surface area contributed by atoms with E-state index in [4.69, 9.17) is 9.72 Å². The van der Waals surface area contributed by atoms with Crippen molar-refractivity contribution in [1.82, 2.24) is 9.55 Å². The minimum atomic E-state index is 0.271. The molecule has 0 radical (unpaired) electrons. The Kier molecular flexibility index (Phi) is 4.07. The van der Waals surface area contributed by atoms with Gasteiger partial charge in [-0.25, -0.2) is 4.98 Å². The monoisotopic (exact) mass is 352 g/mol. The van der Waals surface area contributed by atoms with Crippen LogP contribution in [0.3, 0.4) is 0 Å². The highest BCUT2D eigenvalue weighted by Crippen LogP contribution is 2.37. The standard InChI is InChI=1S/C24H20N2O/c1-4-10-18(11-5-1)22-23(19-12-6-2-7-13-19)26(16-21-17-27-21)24(25-22)20-14-8-3-9-15-20/h1-15,21H,16-17H2/t21-/m0/s1. The normalized spacial score (nSPS) is 15.6. The molecule has 3 heteroatoms. The second-order valence-electron chi connectivity index (χ2n) is 6.80. The van der Waals surface area contributed by atoms with E-state index in [1.807, 2.05) is 12.1 Å². The molecule has 0 amide bonds. The van der Waals surface area contributed by atoms with Gasteiger partial charge in [-0.2, -0.15) is 0 Å². The summed E-state index contributed by atoms with van der Waals surface area (Å²) in [4.78, 5) is 5.12. The summed E-state index contributed by atoms with van der Waals surface area (Å²) in [6.45, 7) is 1.63. The van der Waals surface area contributed by atoms with Gasteiger partial charge in [-0.05, 0) is 0 Å². The Bertz CT molecular complexity index is 1040. The average molecular weight is 352 g/mol. The van der Waals surface area contributed by atoms with E-state index in [0.29, 0.717) is 0 Å². The number of epoxide rings is 1. The number of hydrogen-bond donors (Lipinski definition) is 0. The van der Waals surface area contributed by atoms with Crippen LogP contribution in [-0.4, -0.2) is 22.3 Å². The second-order valence-corrected chi connectivity index (χ2v) is 6.80. The van der Waals surface area contributed by atoms with Gasteiger partial charge in [0.2, 0.25) is 0 Å². The van der Waals surface area contributed by atoms with Gasteiger partial charge in [0.15, 0.2) is 0 Å². The highest BCUT2D eigenvalue weighted by atomic mass is 16.6. The lowest BCUT2D eigenvalue weighted by Gasteiger charge is -2.12. The molecule has 0 bridgehead atoms. The van der Waals surface area contributed by atoms with Crippen molar-refractivity contribution in [2.75, 3.05) is 6.61 Å². The first-order valence-corrected chi connectivity index (χ1v) is 9.28. The van der Waals surface area contributed by atoms with E-state index in [0.717, 1.165) is 41.5 Å². The molecule has 0 saturated carbocycles. The number of aromatic nitrogens is 2. The van der Waals surface area contributed by atoms with Gasteiger partial charge in [0.25, 0.3) is 0 Å². The molecule has 132 valence electrons. The van der Waals surface area contributed by atoms with Crippen LogP contribution < -0.4 is 0 Å². The lowest BCUT2D eigenvalue weighted by Crippen LogP contribution is -2.08. The van der Waals surface area contributed by atoms with Crippen LogP contribution in [0.15, 0.2) is 91.0 Å². The molecular weight excluding hydrogens is 332 g/mol. The first-order valence-electron chi connectivity index (χ1n) is 9.28. The van der Waals surface area contributed by atoms with E-state index in [9.17, 15) is 0 Å². The Balaban J connectivity index is 1.78. The van der Waals surface area contributed by atoms with Crippen LogP contribution in [0, 0.1) is 0 Å². The summed E-state index contributed by atoms with van der Waals surface area (Å²) in [7, 11) is 0. The number of benzene rings is 3. The molecule has 1 aliphatic rings. The van der Waals surface area contributed by atoms with Crippen molar-refractivity contribution in [2.45, 2.75) is 12.6 Å². The van der Waals surface area contributed by atoms with Crippen molar-refractivity contribution >= 4 is 0 Å². The average Bonchev–Trinajstić information content (AvgIpc) is 3.48. The summed E-state index contributed by atoms with van der Waals surface area (Å²) in [5, 5.41) is 0. The third-order valence-corrected chi connectivity index (χ3v) is 4.88. The van der Waals surface area contributed by atoms with Crippen molar-refractivity contribution in [3.05, 3.63) is 91.0 Å². The van der Waals surface area contributed by atoms with E-state index in [2.05, 4.69) is 83.4 Å². The van der Waals surface area contributed by atoms with Crippen LogP contribution >= 0.6 is 0 Å². The van der Waals surface area contributed by atoms with Crippen LogP contribution in [-0.2, 0) is 11.3 Å². The third-order valence-electron chi connectivity index (χ3n) is 4.88. The first kappa shape index (κ1) is 16.0. The van der Waals surface area contributed by atoms with Gasteiger partial charge in [0.05, 0.1) is 30.6 Å². The molecule has 1 fully saturated rings. The summed E-state index contributed by atoms with van der Waals surface area (Å²) in [6, 6.07) is 31.3. The Hall–Kier alpha value is -3.17.